The number of rotatable bonds is 4. The predicted octanol–water partition coefficient (Wildman–Crippen LogP) is 5.34. The first-order valence-corrected chi connectivity index (χ1v) is 8.90. The number of methoxy groups -OCH3 is 1. The van der Waals surface area contributed by atoms with E-state index in [0.29, 0.717) is 6.10 Å². The van der Waals surface area contributed by atoms with Crippen molar-refractivity contribution in [2.75, 3.05) is 7.11 Å². The van der Waals surface area contributed by atoms with Crippen molar-refractivity contribution in [1.29, 1.82) is 0 Å². The van der Waals surface area contributed by atoms with E-state index in [4.69, 9.17) is 16.0 Å². The largest absolute Gasteiger partial charge is 0.493 e. The molecule has 2 saturated carbocycles. The smallest absolute Gasteiger partial charge is 0.257 e. The molecule has 2 aliphatic rings. The van der Waals surface area contributed by atoms with Crippen molar-refractivity contribution in [3.63, 3.8) is 0 Å². The Morgan fingerprint density at radius 2 is 1.78 bits per heavy atom. The zero-order valence-electron chi connectivity index (χ0n) is 14.3. The van der Waals surface area contributed by atoms with Gasteiger partial charge in [-0.15, -0.1) is 0 Å². The summed E-state index contributed by atoms with van der Waals surface area (Å²) in [6.45, 7) is 10.1. The molecule has 0 aromatic heterocycles. The molecule has 0 atom stereocenters. The zero-order valence-corrected chi connectivity index (χ0v) is 14.3. The lowest BCUT2D eigenvalue weighted by Crippen LogP contribution is -2.28. The highest BCUT2D eigenvalue weighted by Gasteiger charge is 2.42. The second-order valence-corrected chi connectivity index (χ2v) is 7.22. The van der Waals surface area contributed by atoms with Crippen molar-refractivity contribution < 1.29 is 9.47 Å². The Morgan fingerprint density at radius 3 is 2.39 bits per heavy atom. The van der Waals surface area contributed by atoms with Crippen LogP contribution in [0, 0.1) is 12.5 Å². The molecule has 0 radical (unpaired) electrons. The third-order valence-electron chi connectivity index (χ3n) is 5.61. The Morgan fingerprint density at radius 1 is 1.09 bits per heavy atom. The number of hydrogen-bond donors (Lipinski definition) is 0. The van der Waals surface area contributed by atoms with Gasteiger partial charge in [-0.2, -0.15) is 0 Å². The molecule has 3 nitrogen and oxygen atoms in total. The lowest BCUT2D eigenvalue weighted by atomic mass is 9.73. The van der Waals surface area contributed by atoms with Gasteiger partial charge in [0.25, 0.3) is 5.54 Å². The van der Waals surface area contributed by atoms with E-state index in [-0.39, 0.29) is 5.54 Å². The summed E-state index contributed by atoms with van der Waals surface area (Å²) in [6, 6.07) is 6.12. The molecule has 0 aliphatic heterocycles. The molecule has 3 rings (SSSR count). The molecule has 2 aliphatic carbocycles. The summed E-state index contributed by atoms with van der Waals surface area (Å²) >= 11 is 0. The van der Waals surface area contributed by atoms with Gasteiger partial charge >= 0.3 is 0 Å². The molecule has 0 bridgehead atoms. The van der Waals surface area contributed by atoms with E-state index in [1.165, 1.54) is 12.8 Å². The lowest BCUT2D eigenvalue weighted by molar-refractivity contribution is 0.199. The number of nitrogens with zero attached hydrogens (tertiary/aromatic N) is 1. The Balaban J connectivity index is 1.88. The van der Waals surface area contributed by atoms with Crippen LogP contribution in [0.3, 0.4) is 0 Å². The first kappa shape index (κ1) is 16.2. The summed E-state index contributed by atoms with van der Waals surface area (Å²) < 4.78 is 11.7. The highest BCUT2D eigenvalue weighted by atomic mass is 16.5. The topological polar surface area (TPSA) is 22.8 Å². The summed E-state index contributed by atoms with van der Waals surface area (Å²) in [5.41, 5.74) is 0.736. The zero-order chi connectivity index (χ0) is 16.3. The fraction of sp³-hybridized carbons (Fsp3) is 0.650. The molecule has 0 heterocycles. The molecule has 0 saturated heterocycles. The molecule has 1 aromatic rings. The molecular formula is C20H27NO2. The fourth-order valence-electron chi connectivity index (χ4n) is 3.95. The van der Waals surface area contributed by atoms with Crippen molar-refractivity contribution in [3.8, 4) is 11.5 Å². The Bertz CT molecular complexity index is 576. The van der Waals surface area contributed by atoms with Crippen LogP contribution >= 0.6 is 0 Å². The van der Waals surface area contributed by atoms with Gasteiger partial charge in [-0.05, 0) is 62.6 Å². The van der Waals surface area contributed by atoms with Crippen LogP contribution in [0.1, 0.15) is 63.9 Å². The van der Waals surface area contributed by atoms with Crippen LogP contribution < -0.4 is 9.47 Å². The Hall–Kier alpha value is -1.69. The monoisotopic (exact) mass is 313 g/mol. The van der Waals surface area contributed by atoms with Crippen molar-refractivity contribution in [2.45, 2.75) is 69.9 Å². The normalized spacial score (nSPS) is 28.3. The van der Waals surface area contributed by atoms with Crippen LogP contribution in [0.15, 0.2) is 18.2 Å². The maximum absolute atomic E-state index is 7.79. The Kier molecular flexibility index (Phi) is 4.80. The van der Waals surface area contributed by atoms with E-state index in [2.05, 4.69) is 23.9 Å². The highest BCUT2D eigenvalue weighted by molar-refractivity contribution is 5.46. The molecule has 0 spiro atoms. The van der Waals surface area contributed by atoms with E-state index in [9.17, 15) is 0 Å². The highest BCUT2D eigenvalue weighted by Crippen LogP contribution is 2.45. The van der Waals surface area contributed by atoms with Crippen molar-refractivity contribution in [1.82, 2.24) is 0 Å². The average molecular weight is 313 g/mol. The summed E-state index contributed by atoms with van der Waals surface area (Å²) in [4.78, 5) is 4.07. The van der Waals surface area contributed by atoms with Crippen LogP contribution in [0.5, 0.6) is 11.5 Å². The molecule has 23 heavy (non-hydrogen) atoms. The average Bonchev–Trinajstić information content (AvgIpc) is 3.09. The molecule has 1 aromatic carbocycles. The van der Waals surface area contributed by atoms with E-state index >= 15 is 0 Å². The van der Waals surface area contributed by atoms with Gasteiger partial charge in [0.15, 0.2) is 11.5 Å². The van der Waals surface area contributed by atoms with Gasteiger partial charge in [-0.3, -0.25) is 0 Å². The molecule has 124 valence electrons. The summed E-state index contributed by atoms with van der Waals surface area (Å²) in [5, 5.41) is 0. The maximum Gasteiger partial charge on any atom is 0.257 e. The minimum Gasteiger partial charge on any atom is -0.493 e. The lowest BCUT2D eigenvalue weighted by Gasteiger charge is -2.30. The van der Waals surface area contributed by atoms with Crippen LogP contribution in [0.4, 0.5) is 0 Å². The van der Waals surface area contributed by atoms with Gasteiger partial charge in [0.1, 0.15) is 0 Å². The van der Waals surface area contributed by atoms with Gasteiger partial charge in [0, 0.05) is 18.4 Å². The molecule has 0 unspecified atom stereocenters. The third kappa shape index (κ3) is 3.32. The number of benzene rings is 1. The number of ether oxygens (including phenoxy) is 2. The summed E-state index contributed by atoms with van der Waals surface area (Å²) in [7, 11) is 1.68. The van der Waals surface area contributed by atoms with Crippen LogP contribution in [-0.4, -0.2) is 13.2 Å². The van der Waals surface area contributed by atoms with Crippen molar-refractivity contribution >= 4 is 0 Å². The molecular weight excluding hydrogens is 286 g/mol. The third-order valence-corrected chi connectivity index (χ3v) is 5.61. The summed E-state index contributed by atoms with van der Waals surface area (Å²) in [6.07, 6.45) is 9.21. The van der Waals surface area contributed by atoms with Gasteiger partial charge in [-0.1, -0.05) is 6.92 Å². The molecule has 2 fully saturated rings. The molecule has 3 heteroatoms. The second-order valence-electron chi connectivity index (χ2n) is 7.22. The second kappa shape index (κ2) is 6.83. The predicted molar refractivity (Wildman–Crippen MR) is 91.8 cm³/mol. The maximum atomic E-state index is 7.79. The van der Waals surface area contributed by atoms with Crippen LogP contribution in [0.25, 0.3) is 4.85 Å². The summed E-state index contributed by atoms with van der Waals surface area (Å²) in [5.74, 6) is 2.33. The van der Waals surface area contributed by atoms with Crippen molar-refractivity contribution in [3.05, 3.63) is 35.2 Å². The van der Waals surface area contributed by atoms with Crippen molar-refractivity contribution in [2.24, 2.45) is 5.92 Å². The standard InChI is InChI=1S/C20H27NO2/c1-15-10-12-20(21-2,13-11-15)16-8-9-18(22-3)19(14-16)23-17-6-4-5-7-17/h8-9,14-15,17H,4-7,10-13H2,1,3H3. The number of hydrogen-bond acceptors (Lipinski definition) is 2. The van der Waals surface area contributed by atoms with Gasteiger partial charge in [0.2, 0.25) is 0 Å². The SMILES string of the molecule is [C-]#[N+]C1(c2ccc(OC)c(OC3CCCC3)c2)CCC(C)CC1. The first-order chi connectivity index (χ1) is 11.2. The molecule has 0 N–H and O–H groups in total. The fourth-order valence-corrected chi connectivity index (χ4v) is 3.95. The minimum atomic E-state index is -0.368. The molecule has 0 amide bonds. The van der Waals surface area contributed by atoms with Crippen LogP contribution in [-0.2, 0) is 5.54 Å². The van der Waals surface area contributed by atoms with E-state index < -0.39 is 0 Å². The first-order valence-electron chi connectivity index (χ1n) is 8.90. The minimum absolute atomic E-state index is 0.300. The van der Waals surface area contributed by atoms with Gasteiger partial charge in [-0.25, -0.2) is 6.57 Å². The quantitative estimate of drug-likeness (QED) is 0.700. The van der Waals surface area contributed by atoms with Gasteiger partial charge in [0.05, 0.1) is 13.2 Å². The van der Waals surface area contributed by atoms with E-state index in [1.807, 2.05) is 6.07 Å². The van der Waals surface area contributed by atoms with Crippen LogP contribution in [0.2, 0.25) is 0 Å². The van der Waals surface area contributed by atoms with E-state index in [0.717, 1.165) is 61.5 Å². The Labute approximate surface area is 139 Å². The van der Waals surface area contributed by atoms with Gasteiger partial charge < -0.3 is 14.3 Å². The van der Waals surface area contributed by atoms with E-state index in [1.54, 1.807) is 7.11 Å².